The van der Waals surface area contributed by atoms with Gasteiger partial charge in [0.2, 0.25) is 0 Å². The molecule has 0 saturated carbocycles. The zero-order valence-corrected chi connectivity index (χ0v) is 11.9. The van der Waals surface area contributed by atoms with Crippen LogP contribution in [0.2, 0.25) is 0 Å². The van der Waals surface area contributed by atoms with Crippen molar-refractivity contribution in [2.24, 2.45) is 0 Å². The maximum absolute atomic E-state index is 13.7. The highest BCUT2D eigenvalue weighted by Gasteiger charge is 2.15. The molecule has 0 spiro atoms. The first-order chi connectivity index (χ1) is 8.56. The molecule has 0 saturated heterocycles. The van der Waals surface area contributed by atoms with Gasteiger partial charge in [-0.15, -0.1) is 11.6 Å². The van der Waals surface area contributed by atoms with E-state index in [2.05, 4.69) is 6.92 Å². The summed E-state index contributed by atoms with van der Waals surface area (Å²) in [5.74, 6) is -0.787. The summed E-state index contributed by atoms with van der Waals surface area (Å²) in [5, 5.41) is -0.429. The lowest BCUT2D eigenvalue weighted by molar-refractivity contribution is 0.557. The quantitative estimate of drug-likeness (QED) is 0.428. The maximum atomic E-state index is 13.7. The van der Waals surface area contributed by atoms with Crippen molar-refractivity contribution in [2.75, 3.05) is 0 Å². The predicted octanol–water partition coefficient (Wildman–Crippen LogP) is 5.91. The van der Waals surface area contributed by atoms with E-state index in [0.29, 0.717) is 12.0 Å². The van der Waals surface area contributed by atoms with Gasteiger partial charge in [-0.3, -0.25) is 0 Å². The van der Waals surface area contributed by atoms with Gasteiger partial charge in [0.1, 0.15) is 11.6 Å². The maximum Gasteiger partial charge on any atom is 0.128 e. The van der Waals surface area contributed by atoms with Gasteiger partial charge >= 0.3 is 0 Å². The summed E-state index contributed by atoms with van der Waals surface area (Å²) >= 11 is 6.14. The minimum absolute atomic E-state index is 0.287. The Morgan fingerprint density at radius 1 is 1.06 bits per heavy atom. The standard InChI is InChI=1S/C15H21ClF2/c1-3-4-5-6-7-8-13(16)12-10-14(17)11(2)9-15(12)18/h9-10,13H,3-8H2,1-2H3. The summed E-state index contributed by atoms with van der Waals surface area (Å²) < 4.78 is 27.0. The van der Waals surface area contributed by atoms with Crippen molar-refractivity contribution in [3.63, 3.8) is 0 Å². The summed E-state index contributed by atoms with van der Waals surface area (Å²) in [4.78, 5) is 0. The molecule has 0 heterocycles. The van der Waals surface area contributed by atoms with Crippen molar-refractivity contribution in [3.05, 3.63) is 34.9 Å². The lowest BCUT2D eigenvalue weighted by Gasteiger charge is -2.12. The summed E-state index contributed by atoms with van der Waals surface area (Å²) in [5.41, 5.74) is 0.610. The minimum atomic E-state index is -0.429. The Kier molecular flexibility index (Phi) is 6.62. The first-order valence-corrected chi connectivity index (χ1v) is 7.09. The van der Waals surface area contributed by atoms with E-state index >= 15 is 0 Å². The average molecular weight is 275 g/mol. The molecular formula is C15H21ClF2. The van der Waals surface area contributed by atoms with Crippen molar-refractivity contribution in [3.8, 4) is 0 Å². The van der Waals surface area contributed by atoms with Gasteiger partial charge in [0.05, 0.1) is 5.38 Å². The van der Waals surface area contributed by atoms with E-state index in [1.165, 1.54) is 31.4 Å². The summed E-state index contributed by atoms with van der Waals surface area (Å²) in [6.07, 6.45) is 6.37. The van der Waals surface area contributed by atoms with Crippen molar-refractivity contribution >= 4 is 11.6 Å². The molecule has 102 valence electrons. The van der Waals surface area contributed by atoms with E-state index in [9.17, 15) is 8.78 Å². The Morgan fingerprint density at radius 3 is 2.39 bits per heavy atom. The molecular weight excluding hydrogens is 254 g/mol. The van der Waals surface area contributed by atoms with Crippen molar-refractivity contribution in [1.82, 2.24) is 0 Å². The summed E-state index contributed by atoms with van der Waals surface area (Å²) in [7, 11) is 0. The smallest absolute Gasteiger partial charge is 0.128 e. The number of hydrogen-bond donors (Lipinski definition) is 0. The van der Waals surface area contributed by atoms with Gasteiger partial charge in [-0.1, -0.05) is 39.0 Å². The van der Waals surface area contributed by atoms with Crippen LogP contribution < -0.4 is 0 Å². The van der Waals surface area contributed by atoms with Gasteiger partial charge in [0.25, 0.3) is 0 Å². The summed E-state index contributed by atoms with van der Waals surface area (Å²) in [6, 6.07) is 2.45. The Labute approximate surface area is 113 Å². The Balaban J connectivity index is 2.51. The van der Waals surface area contributed by atoms with Gasteiger partial charge < -0.3 is 0 Å². The Bertz CT molecular complexity index is 377. The first-order valence-electron chi connectivity index (χ1n) is 6.65. The van der Waals surface area contributed by atoms with Gasteiger partial charge in [-0.25, -0.2) is 8.78 Å². The van der Waals surface area contributed by atoms with Gasteiger partial charge in [0, 0.05) is 5.56 Å². The fourth-order valence-corrected chi connectivity index (χ4v) is 2.31. The molecule has 0 amide bonds. The first kappa shape index (κ1) is 15.4. The number of aryl methyl sites for hydroxylation is 1. The molecule has 3 heteroatoms. The Morgan fingerprint density at radius 2 is 1.72 bits per heavy atom. The van der Waals surface area contributed by atoms with Crippen molar-refractivity contribution in [1.29, 1.82) is 0 Å². The highest BCUT2D eigenvalue weighted by atomic mass is 35.5. The van der Waals surface area contributed by atoms with E-state index < -0.39 is 11.2 Å². The topological polar surface area (TPSA) is 0 Å². The average Bonchev–Trinajstić information content (AvgIpc) is 2.33. The molecule has 0 aliphatic heterocycles. The van der Waals surface area contributed by atoms with Gasteiger partial charge in [-0.05, 0) is 31.0 Å². The zero-order chi connectivity index (χ0) is 13.5. The largest absolute Gasteiger partial charge is 0.207 e. The number of rotatable bonds is 7. The highest BCUT2D eigenvalue weighted by molar-refractivity contribution is 6.20. The third kappa shape index (κ3) is 4.56. The third-order valence-corrected chi connectivity index (χ3v) is 3.63. The normalized spacial score (nSPS) is 12.7. The minimum Gasteiger partial charge on any atom is -0.207 e. The zero-order valence-electron chi connectivity index (χ0n) is 11.1. The molecule has 0 radical (unpaired) electrons. The van der Waals surface area contributed by atoms with Crippen LogP contribution in [0.25, 0.3) is 0 Å². The van der Waals surface area contributed by atoms with Crippen LogP contribution in [-0.4, -0.2) is 0 Å². The van der Waals surface area contributed by atoms with E-state index in [4.69, 9.17) is 11.6 Å². The van der Waals surface area contributed by atoms with E-state index in [0.717, 1.165) is 12.8 Å². The summed E-state index contributed by atoms with van der Waals surface area (Å²) in [6.45, 7) is 3.71. The fraction of sp³-hybridized carbons (Fsp3) is 0.600. The molecule has 0 N–H and O–H groups in total. The molecule has 0 fully saturated rings. The second-order valence-electron chi connectivity index (χ2n) is 4.79. The third-order valence-electron chi connectivity index (χ3n) is 3.18. The number of unbranched alkanes of at least 4 members (excludes halogenated alkanes) is 4. The molecule has 1 aromatic rings. The fourth-order valence-electron chi connectivity index (χ4n) is 1.98. The molecule has 1 rings (SSSR count). The van der Waals surface area contributed by atoms with Crippen LogP contribution in [-0.2, 0) is 0 Å². The van der Waals surface area contributed by atoms with E-state index in [1.54, 1.807) is 6.92 Å². The second kappa shape index (κ2) is 7.73. The highest BCUT2D eigenvalue weighted by Crippen LogP contribution is 2.30. The molecule has 1 atom stereocenters. The van der Waals surface area contributed by atoms with E-state index in [-0.39, 0.29) is 11.4 Å². The van der Waals surface area contributed by atoms with Crippen LogP contribution in [0, 0.1) is 18.6 Å². The van der Waals surface area contributed by atoms with Crippen LogP contribution in [0.3, 0.4) is 0 Å². The van der Waals surface area contributed by atoms with Crippen LogP contribution in [0.5, 0.6) is 0 Å². The molecule has 1 aromatic carbocycles. The SMILES string of the molecule is CCCCCCCC(Cl)c1cc(F)c(C)cc1F. The van der Waals surface area contributed by atoms with Gasteiger partial charge in [-0.2, -0.15) is 0 Å². The van der Waals surface area contributed by atoms with Crippen LogP contribution in [0.4, 0.5) is 8.78 Å². The van der Waals surface area contributed by atoms with E-state index in [1.807, 2.05) is 0 Å². The lowest BCUT2D eigenvalue weighted by atomic mass is 10.0. The molecule has 0 aliphatic rings. The number of alkyl halides is 1. The molecule has 0 nitrogen and oxygen atoms in total. The van der Waals surface area contributed by atoms with Crippen molar-refractivity contribution in [2.45, 2.75) is 57.7 Å². The van der Waals surface area contributed by atoms with Crippen LogP contribution >= 0.6 is 11.6 Å². The number of halogens is 3. The molecule has 18 heavy (non-hydrogen) atoms. The van der Waals surface area contributed by atoms with Crippen LogP contribution in [0.1, 0.15) is 62.0 Å². The molecule has 0 bridgehead atoms. The molecule has 0 aliphatic carbocycles. The Hall–Kier alpha value is -0.630. The second-order valence-corrected chi connectivity index (χ2v) is 5.32. The molecule has 0 aromatic heterocycles. The number of benzene rings is 1. The van der Waals surface area contributed by atoms with Gasteiger partial charge in [0.15, 0.2) is 0 Å². The van der Waals surface area contributed by atoms with Crippen LogP contribution in [0.15, 0.2) is 12.1 Å². The molecule has 1 unspecified atom stereocenters. The number of hydrogen-bond acceptors (Lipinski definition) is 0. The predicted molar refractivity (Wildman–Crippen MR) is 73.1 cm³/mol. The van der Waals surface area contributed by atoms with Crippen molar-refractivity contribution < 1.29 is 8.78 Å². The lowest BCUT2D eigenvalue weighted by Crippen LogP contribution is -1.98. The monoisotopic (exact) mass is 274 g/mol.